The SMILES string of the molecule is NCC(F)(F)CO[C@H]1OC(CO)[C@@H](O)C(O[C@H]2OC(CO)[C@@H](O)C(O[C@H]3OC(CO)[C@@H](O)C(O)C3O[C@H]3OC(CO)[C@@H](O)C(O)C3O[C@H]3OC(CO)[C@@H](O)C(O)C3O)C2O)C1O. The molecule has 5 fully saturated rings. The summed E-state index contributed by atoms with van der Waals surface area (Å²) in [6.07, 6.45) is -49.7. The largest absolute Gasteiger partial charge is 0.394 e. The molecule has 15 unspecified atom stereocenters. The van der Waals surface area contributed by atoms with Gasteiger partial charge in [-0.3, -0.25) is 0 Å². The van der Waals surface area contributed by atoms with Crippen LogP contribution in [0.3, 0.4) is 0 Å². The third kappa shape index (κ3) is 11.0. The maximum absolute atomic E-state index is 13.9. The van der Waals surface area contributed by atoms with Crippen molar-refractivity contribution in [2.75, 3.05) is 46.2 Å². The fourth-order valence-electron chi connectivity index (χ4n) is 7.36. The number of aliphatic hydroxyl groups excluding tert-OH is 16. The van der Waals surface area contributed by atoms with Crippen molar-refractivity contribution in [1.82, 2.24) is 0 Å². The van der Waals surface area contributed by atoms with E-state index in [1.54, 1.807) is 0 Å². The van der Waals surface area contributed by atoms with Crippen molar-refractivity contribution in [2.24, 2.45) is 5.73 Å². The molecule has 0 amide bonds. The van der Waals surface area contributed by atoms with Crippen LogP contribution in [0.5, 0.6) is 0 Å². The van der Waals surface area contributed by atoms with E-state index in [4.69, 9.17) is 53.1 Å². The number of halogens is 2. The maximum atomic E-state index is 13.9. The molecule has 5 aliphatic rings. The van der Waals surface area contributed by atoms with E-state index in [0.717, 1.165) is 0 Å². The summed E-state index contributed by atoms with van der Waals surface area (Å²) in [5, 5.41) is 169. The second kappa shape index (κ2) is 22.1. The molecule has 0 radical (unpaired) electrons. The van der Waals surface area contributed by atoms with Crippen LogP contribution in [0.15, 0.2) is 0 Å². The van der Waals surface area contributed by atoms with E-state index >= 15 is 0 Å². The van der Waals surface area contributed by atoms with E-state index in [1.165, 1.54) is 0 Å². The van der Waals surface area contributed by atoms with E-state index in [1.807, 2.05) is 0 Å². The zero-order chi connectivity index (χ0) is 46.0. The van der Waals surface area contributed by atoms with Gasteiger partial charge in [0.15, 0.2) is 31.5 Å². The first-order valence-electron chi connectivity index (χ1n) is 19.4. The summed E-state index contributed by atoms with van der Waals surface area (Å²) >= 11 is 0. The molecule has 5 rings (SSSR count). The highest BCUT2D eigenvalue weighted by atomic mass is 19.3. The monoisotopic (exact) mass is 921 g/mol. The third-order valence-corrected chi connectivity index (χ3v) is 11.1. The Morgan fingerprint density at radius 1 is 0.371 bits per heavy atom. The number of hydrogen-bond donors (Lipinski definition) is 17. The van der Waals surface area contributed by atoms with Crippen LogP contribution < -0.4 is 5.73 Å². The number of ether oxygens (including phenoxy) is 10. The lowest BCUT2D eigenvalue weighted by atomic mass is 9.95. The quantitative estimate of drug-likeness (QED) is 0.0644. The Kier molecular flexibility index (Phi) is 18.4. The molecule has 0 bridgehead atoms. The molecule has 25 atom stereocenters. The van der Waals surface area contributed by atoms with Crippen molar-refractivity contribution in [3.63, 3.8) is 0 Å². The zero-order valence-corrected chi connectivity index (χ0v) is 32.5. The van der Waals surface area contributed by atoms with Crippen molar-refractivity contribution in [3.8, 4) is 0 Å². The van der Waals surface area contributed by atoms with Gasteiger partial charge in [0.05, 0.1) is 39.6 Å². The Morgan fingerprint density at radius 3 is 1.10 bits per heavy atom. The highest BCUT2D eigenvalue weighted by molar-refractivity contribution is 4.99. The summed E-state index contributed by atoms with van der Waals surface area (Å²) in [6.45, 7) is -7.49. The predicted octanol–water partition coefficient (Wildman–Crippen LogP) is -11.3. The normalized spacial score (nSPS) is 49.5. The van der Waals surface area contributed by atoms with E-state index < -0.39 is 206 Å². The number of rotatable bonds is 17. The van der Waals surface area contributed by atoms with Crippen molar-refractivity contribution in [1.29, 1.82) is 0 Å². The zero-order valence-electron chi connectivity index (χ0n) is 32.5. The Morgan fingerprint density at radius 2 is 0.677 bits per heavy atom. The molecular weight excluding hydrogens is 864 g/mol. The molecule has 0 aliphatic carbocycles. The van der Waals surface area contributed by atoms with E-state index in [9.17, 15) is 90.5 Å². The van der Waals surface area contributed by atoms with Crippen LogP contribution in [-0.2, 0) is 47.4 Å². The molecule has 62 heavy (non-hydrogen) atoms. The molecule has 5 heterocycles. The fourth-order valence-corrected chi connectivity index (χ4v) is 7.36. The van der Waals surface area contributed by atoms with Crippen LogP contribution in [-0.4, -0.2) is 287 Å². The van der Waals surface area contributed by atoms with Gasteiger partial charge >= 0.3 is 0 Å². The Bertz CT molecular complexity index is 1370. The first kappa shape index (κ1) is 51.8. The van der Waals surface area contributed by atoms with E-state index in [2.05, 4.69) is 0 Å². The maximum Gasteiger partial charge on any atom is 0.283 e. The summed E-state index contributed by atoms with van der Waals surface area (Å²) < 4.78 is 82.9. The standard InChI is InChI=1S/C33H57F2NO26/c34-33(35,6-36)7-53-28-22(51)24(16(45)11(4-40)54-28)59-30-23(52)25(17(46)12(5-41)56-30)60-31-27(20(49)15(44)9(2-38)57-31)62-32-26(19(48)14(43)10(3-39)58-32)61-29-21(50)18(47)13(42)8(1-37)55-29/h8-32,37-52H,1-7,36H2/t8?,9?,10?,11?,12?,13-,14-,15-,16-,17-,18?,19?,20?,21?,22?,23?,24?,25?,26?,27?,28+,29-,30-,31-,32-/m1/s1. The number of aliphatic hydroxyl groups is 16. The number of alkyl halides is 2. The van der Waals surface area contributed by atoms with Crippen LogP contribution in [0, 0.1) is 0 Å². The first-order chi connectivity index (χ1) is 29.3. The first-order valence-corrected chi connectivity index (χ1v) is 19.4. The number of hydrogen-bond acceptors (Lipinski definition) is 27. The van der Waals surface area contributed by atoms with Gasteiger partial charge in [-0.25, -0.2) is 8.78 Å². The average Bonchev–Trinajstić information content (AvgIpc) is 3.25. The second-order valence-corrected chi connectivity index (χ2v) is 15.3. The van der Waals surface area contributed by atoms with Gasteiger partial charge in [0.1, 0.15) is 129 Å². The highest BCUT2D eigenvalue weighted by Crippen LogP contribution is 2.36. The van der Waals surface area contributed by atoms with Crippen LogP contribution >= 0.6 is 0 Å². The summed E-state index contributed by atoms with van der Waals surface area (Å²) in [5.74, 6) is -3.60. The molecule has 18 N–H and O–H groups in total. The molecule has 0 aromatic heterocycles. The van der Waals surface area contributed by atoms with Gasteiger partial charge in [-0.05, 0) is 0 Å². The van der Waals surface area contributed by atoms with Gasteiger partial charge in [0, 0.05) is 0 Å². The molecule has 5 saturated heterocycles. The van der Waals surface area contributed by atoms with Gasteiger partial charge in [-0.15, -0.1) is 0 Å². The van der Waals surface area contributed by atoms with Crippen LogP contribution in [0.2, 0.25) is 0 Å². The predicted molar refractivity (Wildman–Crippen MR) is 184 cm³/mol. The lowest BCUT2D eigenvalue weighted by molar-refractivity contribution is -0.407. The van der Waals surface area contributed by atoms with E-state index in [-0.39, 0.29) is 0 Å². The lowest BCUT2D eigenvalue weighted by Crippen LogP contribution is -2.68. The number of nitrogens with two attached hydrogens (primary N) is 1. The second-order valence-electron chi connectivity index (χ2n) is 15.3. The minimum atomic E-state index is -3.60. The van der Waals surface area contributed by atoms with Gasteiger partial charge in [0.2, 0.25) is 0 Å². The van der Waals surface area contributed by atoms with Crippen LogP contribution in [0.25, 0.3) is 0 Å². The van der Waals surface area contributed by atoms with Gasteiger partial charge in [0.25, 0.3) is 5.92 Å². The van der Waals surface area contributed by atoms with Gasteiger partial charge < -0.3 is 135 Å². The lowest BCUT2D eigenvalue weighted by Gasteiger charge is -2.50. The summed E-state index contributed by atoms with van der Waals surface area (Å²) in [6, 6.07) is 0. The molecule has 0 spiro atoms. The topological polar surface area (TPSA) is 442 Å². The summed E-state index contributed by atoms with van der Waals surface area (Å²) in [4.78, 5) is 0. The Balaban J connectivity index is 1.41. The van der Waals surface area contributed by atoms with Gasteiger partial charge in [-0.2, -0.15) is 0 Å². The average molecular weight is 922 g/mol. The fraction of sp³-hybridized carbons (Fsp3) is 1.00. The van der Waals surface area contributed by atoms with Crippen LogP contribution in [0.4, 0.5) is 8.78 Å². The molecule has 364 valence electrons. The smallest absolute Gasteiger partial charge is 0.283 e. The molecule has 0 saturated carbocycles. The molecule has 5 aliphatic heterocycles. The minimum absolute atomic E-state index is 0.907. The van der Waals surface area contributed by atoms with Crippen molar-refractivity contribution in [2.45, 2.75) is 159 Å². The van der Waals surface area contributed by atoms with Crippen molar-refractivity contribution >= 4 is 0 Å². The third-order valence-electron chi connectivity index (χ3n) is 11.1. The van der Waals surface area contributed by atoms with Crippen LogP contribution in [0.1, 0.15) is 0 Å². The summed E-state index contributed by atoms with van der Waals surface area (Å²) in [5.41, 5.74) is 5.02. The minimum Gasteiger partial charge on any atom is -0.394 e. The Hall–Kier alpha value is -1.22. The molecule has 0 aromatic carbocycles. The van der Waals surface area contributed by atoms with E-state index in [0.29, 0.717) is 0 Å². The molecule has 0 aromatic rings. The van der Waals surface area contributed by atoms with Crippen molar-refractivity contribution < 1.29 is 138 Å². The summed E-state index contributed by atoms with van der Waals surface area (Å²) in [7, 11) is 0. The molecular formula is C33H57F2NO26. The molecule has 29 heteroatoms. The van der Waals surface area contributed by atoms with Gasteiger partial charge in [-0.1, -0.05) is 0 Å². The van der Waals surface area contributed by atoms with Crippen molar-refractivity contribution in [3.05, 3.63) is 0 Å². The molecule has 27 nitrogen and oxygen atoms in total. The highest BCUT2D eigenvalue weighted by Gasteiger charge is 2.57. The Labute approximate surface area is 349 Å².